The van der Waals surface area contributed by atoms with Crippen molar-refractivity contribution in [2.45, 2.75) is 25.4 Å². The van der Waals surface area contributed by atoms with Crippen LogP contribution in [0.5, 0.6) is 11.5 Å². The smallest absolute Gasteiger partial charge is 0.252 e. The number of aromatic hydroxyl groups is 1. The maximum Gasteiger partial charge on any atom is 0.252 e. The number of piperidine rings is 1. The van der Waals surface area contributed by atoms with Gasteiger partial charge in [-0.05, 0) is 35.9 Å². The van der Waals surface area contributed by atoms with Crippen LogP contribution in [0.2, 0.25) is 0 Å². The van der Waals surface area contributed by atoms with E-state index in [9.17, 15) is 14.7 Å². The highest BCUT2D eigenvalue weighted by molar-refractivity contribution is 7.07. The summed E-state index contributed by atoms with van der Waals surface area (Å²) in [6.45, 7) is 1.18. The number of amides is 2. The average molecular weight is 438 g/mol. The number of carbonyl (C=O) groups is 2. The summed E-state index contributed by atoms with van der Waals surface area (Å²) in [5.41, 5.74) is 10.1. The summed E-state index contributed by atoms with van der Waals surface area (Å²) in [7, 11) is 0. The highest BCUT2D eigenvalue weighted by Crippen LogP contribution is 2.29. The van der Waals surface area contributed by atoms with E-state index in [-0.39, 0.29) is 17.8 Å². The van der Waals surface area contributed by atoms with E-state index < -0.39 is 5.91 Å². The van der Waals surface area contributed by atoms with Crippen LogP contribution >= 0.6 is 11.3 Å². The minimum absolute atomic E-state index is 0.0505. The zero-order chi connectivity index (χ0) is 21.8. The minimum Gasteiger partial charge on any atom is -0.508 e. The molecule has 4 rings (SSSR count). The third-order valence-electron chi connectivity index (χ3n) is 5.35. The van der Waals surface area contributed by atoms with Crippen LogP contribution in [0, 0.1) is 0 Å². The van der Waals surface area contributed by atoms with Crippen molar-refractivity contribution in [2.24, 2.45) is 5.73 Å². The number of primary amides is 1. The fourth-order valence-electron chi connectivity index (χ4n) is 3.64. The third kappa shape index (κ3) is 5.03. The van der Waals surface area contributed by atoms with Crippen molar-refractivity contribution >= 4 is 23.2 Å². The summed E-state index contributed by atoms with van der Waals surface area (Å²) in [5.74, 6) is 0.146. The Morgan fingerprint density at radius 3 is 2.55 bits per heavy atom. The minimum atomic E-state index is -0.548. The van der Waals surface area contributed by atoms with Crippen molar-refractivity contribution in [3.8, 4) is 22.8 Å². The lowest BCUT2D eigenvalue weighted by molar-refractivity contribution is -0.132. The molecule has 1 aromatic heterocycles. The number of phenols is 1. The molecule has 1 aliphatic rings. The first kappa shape index (κ1) is 20.9. The van der Waals surface area contributed by atoms with Crippen molar-refractivity contribution in [1.82, 2.24) is 9.88 Å². The van der Waals surface area contributed by atoms with Crippen molar-refractivity contribution in [3.05, 3.63) is 64.5 Å². The largest absolute Gasteiger partial charge is 0.508 e. The molecular weight excluding hydrogens is 414 g/mol. The number of rotatable bonds is 6. The van der Waals surface area contributed by atoms with Crippen LogP contribution in [-0.4, -0.2) is 46.0 Å². The molecule has 0 radical (unpaired) electrons. The summed E-state index contributed by atoms with van der Waals surface area (Å²) in [5, 5.41) is 11.3. The van der Waals surface area contributed by atoms with Gasteiger partial charge in [-0.1, -0.05) is 12.1 Å². The van der Waals surface area contributed by atoms with Gasteiger partial charge < -0.3 is 20.5 Å². The molecule has 1 saturated heterocycles. The number of likely N-dealkylation sites (tertiary alicyclic amines) is 1. The Morgan fingerprint density at radius 1 is 1.16 bits per heavy atom. The molecule has 1 aliphatic heterocycles. The van der Waals surface area contributed by atoms with E-state index in [1.165, 1.54) is 11.3 Å². The van der Waals surface area contributed by atoms with Gasteiger partial charge >= 0.3 is 0 Å². The van der Waals surface area contributed by atoms with Gasteiger partial charge in [0.25, 0.3) is 5.91 Å². The zero-order valence-corrected chi connectivity index (χ0v) is 17.7. The van der Waals surface area contributed by atoms with E-state index in [0.717, 1.165) is 16.8 Å². The highest BCUT2D eigenvalue weighted by atomic mass is 32.1. The summed E-state index contributed by atoms with van der Waals surface area (Å²) >= 11 is 1.48. The number of thiazole rings is 1. The van der Waals surface area contributed by atoms with Gasteiger partial charge in [0.15, 0.2) is 0 Å². The van der Waals surface area contributed by atoms with Crippen LogP contribution in [0.15, 0.2) is 53.4 Å². The van der Waals surface area contributed by atoms with Gasteiger partial charge in [0.2, 0.25) is 5.91 Å². The number of hydrogen-bond acceptors (Lipinski definition) is 6. The van der Waals surface area contributed by atoms with Crippen molar-refractivity contribution in [2.75, 3.05) is 13.1 Å². The van der Waals surface area contributed by atoms with E-state index in [1.807, 2.05) is 16.3 Å². The normalized spacial score (nSPS) is 14.4. The van der Waals surface area contributed by atoms with E-state index in [1.54, 1.807) is 41.9 Å². The third-order valence-corrected chi connectivity index (χ3v) is 5.94. The molecule has 2 heterocycles. The van der Waals surface area contributed by atoms with Gasteiger partial charge in [-0.3, -0.25) is 9.59 Å². The molecule has 3 N–H and O–H groups in total. The molecule has 160 valence electrons. The van der Waals surface area contributed by atoms with Crippen LogP contribution in [0.1, 0.15) is 28.8 Å². The topological polar surface area (TPSA) is 106 Å². The second-order valence-corrected chi connectivity index (χ2v) is 8.21. The Labute approximate surface area is 184 Å². The number of benzene rings is 2. The Kier molecular flexibility index (Phi) is 6.18. The fourth-order valence-corrected chi connectivity index (χ4v) is 4.20. The van der Waals surface area contributed by atoms with Crippen molar-refractivity contribution in [1.29, 1.82) is 0 Å². The molecule has 2 amide bonds. The number of aromatic nitrogens is 1. The predicted molar refractivity (Wildman–Crippen MR) is 118 cm³/mol. The van der Waals surface area contributed by atoms with E-state index in [2.05, 4.69) is 4.98 Å². The molecule has 2 aromatic carbocycles. The highest BCUT2D eigenvalue weighted by Gasteiger charge is 2.25. The first-order valence-corrected chi connectivity index (χ1v) is 11.0. The number of carbonyl (C=O) groups excluding carboxylic acids is 2. The molecule has 1 fully saturated rings. The van der Waals surface area contributed by atoms with Gasteiger partial charge in [0, 0.05) is 36.9 Å². The fraction of sp³-hybridized carbons (Fsp3) is 0.261. The van der Waals surface area contributed by atoms with Gasteiger partial charge in [-0.15, -0.1) is 11.3 Å². The molecule has 0 atom stereocenters. The molecule has 0 bridgehead atoms. The lowest BCUT2D eigenvalue weighted by Gasteiger charge is -2.32. The molecule has 31 heavy (non-hydrogen) atoms. The Hall–Kier alpha value is -3.39. The molecule has 8 heteroatoms. The van der Waals surface area contributed by atoms with Crippen LogP contribution in [0.4, 0.5) is 0 Å². The predicted octanol–water partition coefficient (Wildman–Crippen LogP) is 3.23. The molecule has 0 spiro atoms. The lowest BCUT2D eigenvalue weighted by Crippen LogP contribution is -2.42. The summed E-state index contributed by atoms with van der Waals surface area (Å²) in [4.78, 5) is 30.6. The molecule has 3 aromatic rings. The van der Waals surface area contributed by atoms with Crippen molar-refractivity contribution in [3.63, 3.8) is 0 Å². The van der Waals surface area contributed by atoms with E-state index >= 15 is 0 Å². The molecule has 0 saturated carbocycles. The first-order valence-electron chi connectivity index (χ1n) is 10.0. The van der Waals surface area contributed by atoms with E-state index in [0.29, 0.717) is 43.7 Å². The molecule has 7 nitrogen and oxygen atoms in total. The second-order valence-electron chi connectivity index (χ2n) is 7.49. The Bertz CT molecular complexity index is 1060. The van der Waals surface area contributed by atoms with Crippen LogP contribution < -0.4 is 10.5 Å². The molecule has 0 unspecified atom stereocenters. The summed E-state index contributed by atoms with van der Waals surface area (Å²) in [6.07, 6.45) is 1.55. The van der Waals surface area contributed by atoms with Crippen LogP contribution in [-0.2, 0) is 11.2 Å². The van der Waals surface area contributed by atoms with Gasteiger partial charge in [0.1, 0.15) is 17.6 Å². The van der Waals surface area contributed by atoms with Gasteiger partial charge in [-0.25, -0.2) is 4.98 Å². The number of phenolic OH excluding ortho intramolecular Hbond substituents is 1. The Balaban J connectivity index is 1.36. The molecular formula is C23H23N3O4S. The number of ether oxygens (including phenoxy) is 1. The molecule has 0 aliphatic carbocycles. The summed E-state index contributed by atoms with van der Waals surface area (Å²) < 4.78 is 6.10. The standard InChI is InChI=1S/C23H23N3O4S/c24-23(29)19-12-16(20-13-31-14-25-20)3-6-21(19)30-18-7-9-26(10-8-18)22(28)11-15-1-4-17(27)5-2-15/h1-6,12-14,18,27H,7-11H2,(H2,24,29). The average Bonchev–Trinajstić information content (AvgIpc) is 3.31. The van der Waals surface area contributed by atoms with E-state index in [4.69, 9.17) is 10.5 Å². The maximum absolute atomic E-state index is 12.6. The lowest BCUT2D eigenvalue weighted by atomic mass is 10.0. The quantitative estimate of drug-likeness (QED) is 0.616. The van der Waals surface area contributed by atoms with Gasteiger partial charge in [-0.2, -0.15) is 0 Å². The SMILES string of the molecule is NC(=O)c1cc(-c2cscn2)ccc1OC1CCN(C(=O)Cc2ccc(O)cc2)CC1. The van der Waals surface area contributed by atoms with Crippen LogP contribution in [0.25, 0.3) is 11.3 Å². The summed E-state index contributed by atoms with van der Waals surface area (Å²) in [6, 6.07) is 12.0. The van der Waals surface area contributed by atoms with Crippen molar-refractivity contribution < 1.29 is 19.4 Å². The van der Waals surface area contributed by atoms with Gasteiger partial charge in [0.05, 0.1) is 23.2 Å². The zero-order valence-electron chi connectivity index (χ0n) is 16.9. The number of nitrogens with two attached hydrogens (primary N) is 1. The second kappa shape index (κ2) is 9.18. The maximum atomic E-state index is 12.6. The monoisotopic (exact) mass is 437 g/mol. The number of hydrogen-bond donors (Lipinski definition) is 2. The van der Waals surface area contributed by atoms with Crippen LogP contribution in [0.3, 0.4) is 0 Å². The number of nitrogens with zero attached hydrogens (tertiary/aromatic N) is 2. The Morgan fingerprint density at radius 2 is 1.90 bits per heavy atom. The first-order chi connectivity index (χ1) is 15.0.